The molecule has 3 aromatic rings. The Morgan fingerprint density at radius 1 is 1.12 bits per heavy atom. The first-order valence-electron chi connectivity index (χ1n) is 8.92. The van der Waals surface area contributed by atoms with E-state index in [1.807, 2.05) is 17.2 Å². The quantitative estimate of drug-likeness (QED) is 0.736. The first kappa shape index (κ1) is 15.8. The molecule has 0 atom stereocenters. The molecule has 1 amide bonds. The van der Waals surface area contributed by atoms with Crippen LogP contribution in [-0.4, -0.2) is 38.3 Å². The summed E-state index contributed by atoms with van der Waals surface area (Å²) in [7, 11) is 0. The van der Waals surface area contributed by atoms with Gasteiger partial charge >= 0.3 is 0 Å². The van der Waals surface area contributed by atoms with E-state index in [1.54, 1.807) is 16.8 Å². The van der Waals surface area contributed by atoms with E-state index in [0.29, 0.717) is 17.4 Å². The number of nitrogens with zero attached hydrogens (tertiary/aromatic N) is 4. The highest BCUT2D eigenvalue weighted by atomic mass is 16.2. The predicted molar refractivity (Wildman–Crippen MR) is 96.4 cm³/mol. The summed E-state index contributed by atoms with van der Waals surface area (Å²) in [5.41, 5.74) is 1.89. The van der Waals surface area contributed by atoms with Crippen molar-refractivity contribution in [3.63, 3.8) is 0 Å². The summed E-state index contributed by atoms with van der Waals surface area (Å²) in [6, 6.07) is 12.5. The maximum Gasteiger partial charge on any atom is 0.274 e. The lowest BCUT2D eigenvalue weighted by Crippen LogP contribution is -2.38. The summed E-state index contributed by atoms with van der Waals surface area (Å²) >= 11 is 0. The Morgan fingerprint density at radius 2 is 1.92 bits per heavy atom. The topological polar surface area (TPSA) is 50.5 Å². The maximum atomic E-state index is 12.7. The van der Waals surface area contributed by atoms with Gasteiger partial charge in [0, 0.05) is 31.7 Å². The Labute approximate surface area is 147 Å². The van der Waals surface area contributed by atoms with Gasteiger partial charge in [0.2, 0.25) is 5.78 Å². The van der Waals surface area contributed by atoms with Crippen LogP contribution >= 0.6 is 0 Å². The molecule has 0 spiro atoms. The number of fused-ring (bicyclic) bond motifs is 1. The highest BCUT2D eigenvalue weighted by Gasteiger charge is 2.25. The van der Waals surface area contributed by atoms with E-state index >= 15 is 0 Å². The molecule has 0 saturated carbocycles. The van der Waals surface area contributed by atoms with Gasteiger partial charge in [0.1, 0.15) is 5.69 Å². The largest absolute Gasteiger partial charge is 0.337 e. The van der Waals surface area contributed by atoms with Gasteiger partial charge in [0.25, 0.3) is 5.91 Å². The van der Waals surface area contributed by atoms with E-state index in [2.05, 4.69) is 40.3 Å². The fourth-order valence-corrected chi connectivity index (χ4v) is 3.54. The van der Waals surface area contributed by atoms with Crippen LogP contribution in [0.1, 0.15) is 35.3 Å². The molecule has 5 heteroatoms. The lowest BCUT2D eigenvalue weighted by molar-refractivity contribution is 0.0681. The summed E-state index contributed by atoms with van der Waals surface area (Å²) < 4.78 is 1.79. The molecule has 3 heterocycles. The number of aromatic nitrogens is 3. The van der Waals surface area contributed by atoms with E-state index in [4.69, 9.17) is 0 Å². The molecule has 5 nitrogen and oxygen atoms in total. The summed E-state index contributed by atoms with van der Waals surface area (Å²) in [6.45, 7) is 1.64. The van der Waals surface area contributed by atoms with E-state index in [0.717, 1.165) is 32.4 Å². The third kappa shape index (κ3) is 3.55. The highest BCUT2D eigenvalue weighted by Crippen LogP contribution is 2.23. The van der Waals surface area contributed by atoms with Crippen LogP contribution < -0.4 is 0 Å². The number of hydrogen-bond acceptors (Lipinski definition) is 3. The number of piperidine rings is 1. The van der Waals surface area contributed by atoms with E-state index in [9.17, 15) is 4.79 Å². The number of imidazole rings is 1. The van der Waals surface area contributed by atoms with Crippen LogP contribution in [0.25, 0.3) is 5.78 Å². The van der Waals surface area contributed by atoms with Gasteiger partial charge in [0.15, 0.2) is 0 Å². The van der Waals surface area contributed by atoms with Crippen molar-refractivity contribution in [3.05, 3.63) is 66.2 Å². The van der Waals surface area contributed by atoms with Crippen molar-refractivity contribution >= 4 is 11.7 Å². The molecule has 2 aromatic heterocycles. The second-order valence-electron chi connectivity index (χ2n) is 6.71. The minimum atomic E-state index is 0.0204. The number of rotatable bonds is 4. The Bertz CT molecular complexity index is 817. The number of aryl methyl sites for hydroxylation is 1. The first-order chi connectivity index (χ1) is 12.3. The summed E-state index contributed by atoms with van der Waals surface area (Å²) in [6.07, 6.45) is 9.79. The Balaban J connectivity index is 1.32. The van der Waals surface area contributed by atoms with Crippen molar-refractivity contribution in [1.29, 1.82) is 0 Å². The summed E-state index contributed by atoms with van der Waals surface area (Å²) in [5.74, 6) is 1.29. The zero-order valence-corrected chi connectivity index (χ0v) is 14.2. The number of amides is 1. The standard InChI is InChI=1S/C20H22N4O/c25-19(18-15-24-12-4-11-21-20(24)22-18)23-13-9-17(10-14-23)8-7-16-5-2-1-3-6-16/h1-6,11-12,15,17H,7-10,13-14H2. The first-order valence-corrected chi connectivity index (χ1v) is 8.92. The average Bonchev–Trinajstić information content (AvgIpc) is 3.11. The fraction of sp³-hybridized carbons (Fsp3) is 0.350. The number of benzene rings is 1. The lowest BCUT2D eigenvalue weighted by Gasteiger charge is -2.31. The molecule has 1 fully saturated rings. The zero-order chi connectivity index (χ0) is 17.1. The molecule has 4 rings (SSSR count). The molecule has 1 aliphatic heterocycles. The van der Waals surface area contributed by atoms with E-state index in [1.165, 1.54) is 12.0 Å². The molecule has 128 valence electrons. The minimum Gasteiger partial charge on any atom is -0.337 e. The summed E-state index contributed by atoms with van der Waals surface area (Å²) in [4.78, 5) is 23.1. The van der Waals surface area contributed by atoms with Crippen molar-refractivity contribution < 1.29 is 4.79 Å². The number of carbonyl (C=O) groups is 1. The van der Waals surface area contributed by atoms with Crippen LogP contribution in [0.15, 0.2) is 55.0 Å². The second kappa shape index (κ2) is 7.05. The molecule has 0 aliphatic carbocycles. The normalized spacial score (nSPS) is 15.6. The minimum absolute atomic E-state index is 0.0204. The fourth-order valence-electron chi connectivity index (χ4n) is 3.54. The predicted octanol–water partition coefficient (Wildman–Crippen LogP) is 3.21. The van der Waals surface area contributed by atoms with Crippen molar-refractivity contribution in [1.82, 2.24) is 19.3 Å². The van der Waals surface area contributed by atoms with Crippen molar-refractivity contribution in [2.45, 2.75) is 25.7 Å². The molecule has 0 N–H and O–H groups in total. The van der Waals surface area contributed by atoms with Crippen molar-refractivity contribution in [2.24, 2.45) is 5.92 Å². The molecule has 0 bridgehead atoms. The van der Waals surface area contributed by atoms with Gasteiger partial charge in [-0.05, 0) is 43.2 Å². The van der Waals surface area contributed by atoms with Gasteiger partial charge in [-0.15, -0.1) is 0 Å². The number of carbonyl (C=O) groups excluding carboxylic acids is 1. The van der Waals surface area contributed by atoms with Crippen LogP contribution in [0, 0.1) is 5.92 Å². The molecule has 1 aliphatic rings. The third-order valence-electron chi connectivity index (χ3n) is 5.04. The smallest absolute Gasteiger partial charge is 0.274 e. The maximum absolute atomic E-state index is 12.7. The zero-order valence-electron chi connectivity index (χ0n) is 14.2. The van der Waals surface area contributed by atoms with Gasteiger partial charge in [0.05, 0.1) is 0 Å². The van der Waals surface area contributed by atoms with E-state index in [-0.39, 0.29) is 5.91 Å². The number of likely N-dealkylation sites (tertiary alicyclic amines) is 1. The average molecular weight is 334 g/mol. The Morgan fingerprint density at radius 3 is 2.68 bits per heavy atom. The molecule has 0 radical (unpaired) electrons. The van der Waals surface area contributed by atoms with Crippen LogP contribution in [0.3, 0.4) is 0 Å². The van der Waals surface area contributed by atoms with E-state index < -0.39 is 0 Å². The molecule has 25 heavy (non-hydrogen) atoms. The third-order valence-corrected chi connectivity index (χ3v) is 5.04. The second-order valence-corrected chi connectivity index (χ2v) is 6.71. The summed E-state index contributed by atoms with van der Waals surface area (Å²) in [5, 5.41) is 0. The highest BCUT2D eigenvalue weighted by molar-refractivity contribution is 5.92. The molecule has 0 unspecified atom stereocenters. The number of hydrogen-bond donors (Lipinski definition) is 0. The van der Waals surface area contributed by atoms with Crippen LogP contribution in [0.2, 0.25) is 0 Å². The lowest BCUT2D eigenvalue weighted by atomic mass is 9.90. The molecular weight excluding hydrogens is 312 g/mol. The SMILES string of the molecule is O=C(c1cn2cccnc2n1)N1CCC(CCc2ccccc2)CC1. The van der Waals surface area contributed by atoms with Gasteiger partial charge in [-0.1, -0.05) is 30.3 Å². The molecule has 1 aromatic carbocycles. The van der Waals surface area contributed by atoms with Crippen LogP contribution in [0.4, 0.5) is 0 Å². The van der Waals surface area contributed by atoms with Crippen molar-refractivity contribution in [2.75, 3.05) is 13.1 Å². The van der Waals surface area contributed by atoms with Gasteiger partial charge in [-0.3, -0.25) is 9.20 Å². The van der Waals surface area contributed by atoms with Crippen molar-refractivity contribution in [3.8, 4) is 0 Å². The van der Waals surface area contributed by atoms with Gasteiger partial charge in [-0.25, -0.2) is 9.97 Å². The van der Waals surface area contributed by atoms with Gasteiger partial charge < -0.3 is 4.90 Å². The van der Waals surface area contributed by atoms with Gasteiger partial charge in [-0.2, -0.15) is 0 Å². The monoisotopic (exact) mass is 334 g/mol. The van der Waals surface area contributed by atoms with Crippen LogP contribution in [0.5, 0.6) is 0 Å². The Hall–Kier alpha value is -2.69. The molecule has 1 saturated heterocycles. The van der Waals surface area contributed by atoms with Crippen LogP contribution in [-0.2, 0) is 6.42 Å². The molecular formula is C20H22N4O. The Kier molecular flexibility index (Phi) is 4.46.